The minimum absolute atomic E-state index is 0.0653. The number of nitrogens with zero attached hydrogens (tertiary/aromatic N) is 4. The molecule has 4 rings (SSSR count). The van der Waals surface area contributed by atoms with Crippen molar-refractivity contribution in [3.05, 3.63) is 35.4 Å². The topological polar surface area (TPSA) is 118 Å². The number of nitrogens with one attached hydrogen (secondary N) is 3. The number of anilines is 2. The number of halogens is 6. The molecule has 10 nitrogen and oxygen atoms in total. The van der Waals surface area contributed by atoms with Gasteiger partial charge >= 0.3 is 12.5 Å². The molecular weight excluding hydrogens is 512 g/mol. The van der Waals surface area contributed by atoms with E-state index in [0.29, 0.717) is 5.69 Å². The zero-order valence-corrected chi connectivity index (χ0v) is 19.5. The SMILES string of the molecule is CC(C)NC(=O)O[C@H]1C[C@@H](c2cc(Nc3nc(C(F)F)cn4nc(COC(F)(F)F)cc34)n[nH]2)C[C@H]1F. The number of carbonyl (C=O) groups is 1. The van der Waals surface area contributed by atoms with Crippen LogP contribution in [0.5, 0.6) is 0 Å². The smallest absolute Gasteiger partial charge is 0.443 e. The largest absolute Gasteiger partial charge is 0.522 e. The lowest BCUT2D eigenvalue weighted by Crippen LogP contribution is -2.35. The van der Waals surface area contributed by atoms with Crippen LogP contribution in [0.1, 0.15) is 56.1 Å². The molecule has 1 fully saturated rings. The molecule has 3 N–H and O–H groups in total. The number of hydrogen-bond donors (Lipinski definition) is 3. The molecule has 0 saturated heterocycles. The number of H-pyrrole nitrogens is 1. The van der Waals surface area contributed by atoms with Crippen LogP contribution in [0.25, 0.3) is 5.52 Å². The maximum Gasteiger partial charge on any atom is 0.522 e. The molecule has 3 heterocycles. The van der Waals surface area contributed by atoms with Crippen molar-refractivity contribution in [2.45, 2.75) is 70.3 Å². The third kappa shape index (κ3) is 6.61. The first-order chi connectivity index (χ1) is 17.4. The maximum absolute atomic E-state index is 14.5. The standard InChI is InChI=1S/C21H23F6N7O3/c1-9(2)28-20(35)37-16-4-10(3-12(16)22)13-6-17(32-31-13)30-19-15-5-11(8-36-21(25,26)27)33-34(15)7-14(29-19)18(23)24/h5-7,9-10,12,16,18H,3-4,8H2,1-2H3,(H,28,35)(H2,29,30,31,32)/t10-,12+,16-/m0/s1. The lowest BCUT2D eigenvalue weighted by molar-refractivity contribution is -0.330. The average molecular weight is 535 g/mol. The average Bonchev–Trinajstić information content (AvgIpc) is 3.50. The van der Waals surface area contributed by atoms with Crippen LogP contribution in [0.2, 0.25) is 0 Å². The molecule has 3 aromatic rings. The molecule has 0 radical (unpaired) electrons. The summed E-state index contributed by atoms with van der Waals surface area (Å²) in [6.45, 7) is 2.56. The fourth-order valence-corrected chi connectivity index (χ4v) is 3.95. The molecule has 1 aliphatic carbocycles. The van der Waals surface area contributed by atoms with Crippen molar-refractivity contribution in [3.8, 4) is 0 Å². The van der Waals surface area contributed by atoms with Crippen LogP contribution in [0.3, 0.4) is 0 Å². The van der Waals surface area contributed by atoms with E-state index in [9.17, 15) is 31.1 Å². The van der Waals surface area contributed by atoms with Crippen LogP contribution in [-0.4, -0.2) is 55.6 Å². The Kier molecular flexibility index (Phi) is 7.47. The molecule has 1 saturated carbocycles. The highest BCUT2D eigenvalue weighted by Crippen LogP contribution is 2.38. The number of hydrogen-bond acceptors (Lipinski definition) is 7. The van der Waals surface area contributed by atoms with E-state index >= 15 is 0 Å². The van der Waals surface area contributed by atoms with E-state index < -0.39 is 43.5 Å². The van der Waals surface area contributed by atoms with E-state index in [1.54, 1.807) is 13.8 Å². The lowest BCUT2D eigenvalue weighted by atomic mass is 10.0. The minimum atomic E-state index is -4.89. The monoisotopic (exact) mass is 535 g/mol. The summed E-state index contributed by atoms with van der Waals surface area (Å²) >= 11 is 0. The van der Waals surface area contributed by atoms with Gasteiger partial charge in [0, 0.05) is 23.7 Å². The van der Waals surface area contributed by atoms with Crippen LogP contribution in [0.15, 0.2) is 18.3 Å². The zero-order chi connectivity index (χ0) is 26.9. The number of carbonyl (C=O) groups excluding carboxylic acids is 1. The number of alkyl halides is 6. The molecule has 0 aliphatic heterocycles. The predicted molar refractivity (Wildman–Crippen MR) is 116 cm³/mol. The first-order valence-corrected chi connectivity index (χ1v) is 11.2. The predicted octanol–water partition coefficient (Wildman–Crippen LogP) is 4.89. The van der Waals surface area contributed by atoms with Crippen molar-refractivity contribution >= 4 is 23.2 Å². The first kappa shape index (κ1) is 26.5. The van der Waals surface area contributed by atoms with Crippen LogP contribution >= 0.6 is 0 Å². The molecule has 0 unspecified atom stereocenters. The molecule has 0 bridgehead atoms. The summed E-state index contributed by atoms with van der Waals surface area (Å²) in [7, 11) is 0. The molecule has 3 atom stereocenters. The number of rotatable bonds is 8. The quantitative estimate of drug-likeness (QED) is 0.352. The Labute approximate surface area is 205 Å². The number of ether oxygens (including phenoxy) is 2. The molecular formula is C21H23F6N7O3. The van der Waals surface area contributed by atoms with Crippen molar-refractivity contribution in [2.75, 3.05) is 5.32 Å². The van der Waals surface area contributed by atoms with Crippen molar-refractivity contribution in [3.63, 3.8) is 0 Å². The Morgan fingerprint density at radius 1 is 1.27 bits per heavy atom. The van der Waals surface area contributed by atoms with E-state index in [-0.39, 0.29) is 47.6 Å². The van der Waals surface area contributed by atoms with Gasteiger partial charge in [-0.15, -0.1) is 13.2 Å². The third-order valence-corrected chi connectivity index (χ3v) is 5.51. The van der Waals surface area contributed by atoms with Gasteiger partial charge in [0.1, 0.15) is 30.1 Å². The zero-order valence-electron chi connectivity index (χ0n) is 19.5. The summed E-state index contributed by atoms with van der Waals surface area (Å²) in [6.07, 6.45) is -9.77. The van der Waals surface area contributed by atoms with E-state index in [4.69, 9.17) is 4.74 Å². The van der Waals surface area contributed by atoms with Gasteiger partial charge in [-0.05, 0) is 32.8 Å². The molecule has 1 aliphatic rings. The van der Waals surface area contributed by atoms with Crippen molar-refractivity contribution in [2.24, 2.45) is 0 Å². The number of aromatic amines is 1. The second kappa shape index (κ2) is 10.4. The normalized spacial score (nSPS) is 20.2. The van der Waals surface area contributed by atoms with Crippen LogP contribution in [0, 0.1) is 0 Å². The number of aromatic nitrogens is 5. The van der Waals surface area contributed by atoms with E-state index in [1.165, 1.54) is 12.1 Å². The summed E-state index contributed by atoms with van der Waals surface area (Å²) < 4.78 is 88.2. The summed E-state index contributed by atoms with van der Waals surface area (Å²) in [5.74, 6) is -0.359. The van der Waals surface area contributed by atoms with Gasteiger partial charge in [0.25, 0.3) is 6.43 Å². The Morgan fingerprint density at radius 2 is 2.03 bits per heavy atom. The van der Waals surface area contributed by atoms with Gasteiger partial charge in [-0.2, -0.15) is 10.2 Å². The summed E-state index contributed by atoms with van der Waals surface area (Å²) in [5, 5.41) is 15.9. The van der Waals surface area contributed by atoms with Crippen LogP contribution in [-0.2, 0) is 16.1 Å². The molecule has 0 aromatic carbocycles. The maximum atomic E-state index is 14.5. The lowest BCUT2D eigenvalue weighted by Gasteiger charge is -2.16. The van der Waals surface area contributed by atoms with Crippen LogP contribution < -0.4 is 10.6 Å². The van der Waals surface area contributed by atoms with Crippen LogP contribution in [0.4, 0.5) is 42.8 Å². The highest BCUT2D eigenvalue weighted by Gasteiger charge is 2.39. The molecule has 202 valence electrons. The third-order valence-electron chi connectivity index (χ3n) is 5.51. The fraction of sp³-hybridized carbons (Fsp3) is 0.524. The summed E-state index contributed by atoms with van der Waals surface area (Å²) in [4.78, 5) is 15.7. The van der Waals surface area contributed by atoms with Gasteiger partial charge in [0.2, 0.25) is 0 Å². The number of alkyl carbamates (subject to hydrolysis) is 1. The number of fused-ring (bicyclic) bond motifs is 1. The molecule has 0 spiro atoms. The van der Waals surface area contributed by atoms with Gasteiger partial charge in [-0.1, -0.05) is 0 Å². The van der Waals surface area contributed by atoms with Crippen molar-refractivity contribution < 1.29 is 40.6 Å². The highest BCUT2D eigenvalue weighted by atomic mass is 19.4. The van der Waals surface area contributed by atoms with E-state index in [1.807, 2.05) is 0 Å². The molecule has 16 heteroatoms. The van der Waals surface area contributed by atoms with E-state index in [0.717, 1.165) is 10.7 Å². The van der Waals surface area contributed by atoms with Gasteiger partial charge in [0.05, 0.1) is 11.9 Å². The Balaban J connectivity index is 1.50. The van der Waals surface area contributed by atoms with Gasteiger partial charge in [-0.25, -0.2) is 27.5 Å². The Bertz CT molecular complexity index is 1250. The first-order valence-electron chi connectivity index (χ1n) is 11.2. The Hall–Kier alpha value is -3.56. The van der Waals surface area contributed by atoms with Crippen molar-refractivity contribution in [1.82, 2.24) is 30.1 Å². The van der Waals surface area contributed by atoms with Gasteiger partial charge < -0.3 is 15.4 Å². The molecule has 1 amide bonds. The summed E-state index contributed by atoms with van der Waals surface area (Å²) in [5.41, 5.74) is -0.227. The Morgan fingerprint density at radius 3 is 2.70 bits per heavy atom. The van der Waals surface area contributed by atoms with E-state index in [2.05, 4.69) is 35.7 Å². The van der Waals surface area contributed by atoms with Gasteiger partial charge in [0.15, 0.2) is 11.6 Å². The second-order valence-corrected chi connectivity index (χ2v) is 8.78. The summed E-state index contributed by atoms with van der Waals surface area (Å²) in [6, 6.07) is 2.56. The minimum Gasteiger partial charge on any atom is -0.443 e. The highest BCUT2D eigenvalue weighted by molar-refractivity contribution is 5.72. The molecule has 37 heavy (non-hydrogen) atoms. The fourth-order valence-electron chi connectivity index (χ4n) is 3.95. The second-order valence-electron chi connectivity index (χ2n) is 8.78. The molecule has 3 aromatic heterocycles. The number of amides is 1. The van der Waals surface area contributed by atoms with Crippen molar-refractivity contribution in [1.29, 1.82) is 0 Å². The van der Waals surface area contributed by atoms with Gasteiger partial charge in [-0.3, -0.25) is 9.84 Å².